The second kappa shape index (κ2) is 2.86. The van der Waals surface area contributed by atoms with Gasteiger partial charge < -0.3 is 0 Å². The van der Waals surface area contributed by atoms with E-state index in [1.54, 1.807) is 25.1 Å². The molecule has 0 aliphatic rings. The maximum Gasteiger partial charge on any atom is 0.284 e. The van der Waals surface area contributed by atoms with Gasteiger partial charge in [-0.15, -0.1) is 0 Å². The number of alkyl halides is 2. The van der Waals surface area contributed by atoms with Crippen LogP contribution in [0.15, 0.2) is 24.3 Å². The van der Waals surface area contributed by atoms with E-state index in [0.29, 0.717) is 5.56 Å². The first-order valence-corrected chi connectivity index (χ1v) is 3.82. The highest BCUT2D eigenvalue weighted by Gasteiger charge is 2.25. The number of benzene rings is 1. The van der Waals surface area contributed by atoms with Crippen molar-refractivity contribution in [3.8, 4) is 0 Å². The molecule has 0 heterocycles. The van der Waals surface area contributed by atoms with Gasteiger partial charge in [-0.1, -0.05) is 33.5 Å². The fraction of sp³-hybridized carbons (Fsp3) is 0.250. The molecule has 0 radical (unpaired) electrons. The molecule has 0 bridgehead atoms. The van der Waals surface area contributed by atoms with Gasteiger partial charge in [0, 0.05) is 5.56 Å². The van der Waals surface area contributed by atoms with E-state index in [9.17, 15) is 8.78 Å². The average molecular weight is 174 g/mol. The lowest BCUT2D eigenvalue weighted by atomic mass is 10.1. The lowest BCUT2D eigenvalue weighted by molar-refractivity contribution is 0.103. The molecular formula is C8H9F2P. The minimum absolute atomic E-state index is 0.0741. The van der Waals surface area contributed by atoms with E-state index in [0.717, 1.165) is 0 Å². The Hall–Kier alpha value is -0.490. The second-order valence-electron chi connectivity index (χ2n) is 2.44. The van der Waals surface area contributed by atoms with Gasteiger partial charge in [-0.3, -0.25) is 0 Å². The first-order valence-electron chi connectivity index (χ1n) is 3.24. The summed E-state index contributed by atoms with van der Waals surface area (Å²) < 4.78 is 25.4. The molecule has 1 rings (SSSR count). The summed E-state index contributed by atoms with van der Waals surface area (Å²) in [5.41, 5.74) is -2.11. The smallest absolute Gasteiger partial charge is 0.197 e. The predicted octanol–water partition coefficient (Wildman–Crippen LogP) is 2.92. The minimum Gasteiger partial charge on any atom is -0.197 e. The van der Waals surface area contributed by atoms with Crippen LogP contribution in [-0.4, -0.2) is 0 Å². The van der Waals surface area contributed by atoms with Crippen LogP contribution in [0, 0.1) is 6.92 Å². The van der Waals surface area contributed by atoms with Crippen LogP contribution in [0.1, 0.15) is 11.1 Å². The zero-order chi connectivity index (χ0) is 8.48. The standard InChI is InChI=1S/C8H9F2P/c1-6-4-2-3-5-7(6)8(9,10)11/h2-5H,11H2,1H3. The summed E-state index contributed by atoms with van der Waals surface area (Å²) in [5.74, 6) is 0. The van der Waals surface area contributed by atoms with Crippen LogP contribution in [0.2, 0.25) is 0 Å². The van der Waals surface area contributed by atoms with Gasteiger partial charge in [0.2, 0.25) is 0 Å². The lowest BCUT2D eigenvalue weighted by Crippen LogP contribution is -2.04. The molecule has 0 amide bonds. The SMILES string of the molecule is Cc1ccccc1C(F)(F)P. The molecule has 60 valence electrons. The van der Waals surface area contributed by atoms with Gasteiger partial charge in [0.25, 0.3) is 5.66 Å². The van der Waals surface area contributed by atoms with E-state index in [-0.39, 0.29) is 5.56 Å². The molecule has 3 heteroatoms. The highest BCUT2D eigenvalue weighted by molar-refractivity contribution is 7.17. The third-order valence-corrected chi connectivity index (χ3v) is 1.82. The maximum absolute atomic E-state index is 12.7. The number of halogens is 2. The van der Waals surface area contributed by atoms with Crippen LogP contribution in [0.5, 0.6) is 0 Å². The summed E-state index contributed by atoms with van der Waals surface area (Å²) in [6.45, 7) is 1.67. The van der Waals surface area contributed by atoms with E-state index < -0.39 is 5.66 Å². The minimum atomic E-state index is -2.80. The van der Waals surface area contributed by atoms with Gasteiger partial charge in [-0.2, -0.15) is 8.78 Å². The predicted molar refractivity (Wildman–Crippen MR) is 44.8 cm³/mol. The highest BCUT2D eigenvalue weighted by atomic mass is 31.0. The Morgan fingerprint density at radius 1 is 1.27 bits per heavy atom. The van der Waals surface area contributed by atoms with Crippen molar-refractivity contribution in [3.63, 3.8) is 0 Å². The summed E-state index contributed by atoms with van der Waals surface area (Å²) >= 11 is 0. The summed E-state index contributed by atoms with van der Waals surface area (Å²) in [4.78, 5) is 0. The van der Waals surface area contributed by atoms with E-state index in [4.69, 9.17) is 0 Å². The summed E-state index contributed by atoms with van der Waals surface area (Å²) in [5, 5.41) is 0. The van der Waals surface area contributed by atoms with Gasteiger partial charge in [0.15, 0.2) is 0 Å². The van der Waals surface area contributed by atoms with Gasteiger partial charge in [0.1, 0.15) is 0 Å². The molecule has 0 fully saturated rings. The van der Waals surface area contributed by atoms with Crippen LogP contribution in [-0.2, 0) is 5.66 Å². The van der Waals surface area contributed by atoms with Gasteiger partial charge in [-0.05, 0) is 12.5 Å². The molecule has 0 aromatic heterocycles. The molecule has 0 spiro atoms. The van der Waals surface area contributed by atoms with Crippen molar-refractivity contribution >= 4 is 9.24 Å². The molecule has 1 aromatic carbocycles. The molecule has 0 saturated heterocycles. The Balaban J connectivity index is 3.14. The molecule has 1 aromatic rings. The Bertz CT molecular complexity index is 253. The van der Waals surface area contributed by atoms with Crippen molar-refractivity contribution in [2.24, 2.45) is 0 Å². The van der Waals surface area contributed by atoms with Gasteiger partial charge in [-0.25, -0.2) is 0 Å². The quantitative estimate of drug-likeness (QED) is 0.574. The fourth-order valence-electron chi connectivity index (χ4n) is 0.947. The molecule has 1 atom stereocenters. The summed E-state index contributed by atoms with van der Waals surface area (Å²) in [6, 6.07) is 6.46. The van der Waals surface area contributed by atoms with E-state index in [1.807, 2.05) is 0 Å². The van der Waals surface area contributed by atoms with E-state index in [1.165, 1.54) is 15.3 Å². The highest BCUT2D eigenvalue weighted by Crippen LogP contribution is 2.36. The van der Waals surface area contributed by atoms with Crippen molar-refractivity contribution < 1.29 is 8.78 Å². The third-order valence-electron chi connectivity index (χ3n) is 1.50. The molecular weight excluding hydrogens is 165 g/mol. The molecule has 0 nitrogen and oxygen atoms in total. The molecule has 0 saturated carbocycles. The largest absolute Gasteiger partial charge is 0.284 e. The first-order chi connectivity index (χ1) is 5.02. The Morgan fingerprint density at radius 3 is 2.18 bits per heavy atom. The fourth-order valence-corrected chi connectivity index (χ4v) is 1.27. The topological polar surface area (TPSA) is 0 Å². The maximum atomic E-state index is 12.7. The molecule has 0 aliphatic heterocycles. The first kappa shape index (κ1) is 8.61. The van der Waals surface area contributed by atoms with Crippen LogP contribution in [0.25, 0.3) is 0 Å². The average Bonchev–Trinajstić information content (AvgIpc) is 1.86. The van der Waals surface area contributed by atoms with Crippen molar-refractivity contribution in [2.75, 3.05) is 0 Å². The van der Waals surface area contributed by atoms with Crippen LogP contribution < -0.4 is 0 Å². The number of aryl methyl sites for hydroxylation is 1. The van der Waals surface area contributed by atoms with Gasteiger partial charge in [0.05, 0.1) is 0 Å². The summed E-state index contributed by atoms with van der Waals surface area (Å²) in [6.07, 6.45) is 0. The van der Waals surface area contributed by atoms with Crippen LogP contribution >= 0.6 is 9.24 Å². The number of rotatable bonds is 1. The normalized spacial score (nSPS) is 11.6. The van der Waals surface area contributed by atoms with Gasteiger partial charge >= 0.3 is 0 Å². The third kappa shape index (κ3) is 1.97. The molecule has 0 N–H and O–H groups in total. The van der Waals surface area contributed by atoms with E-state index >= 15 is 0 Å². The van der Waals surface area contributed by atoms with Crippen molar-refractivity contribution in [2.45, 2.75) is 12.6 Å². The second-order valence-corrected chi connectivity index (χ2v) is 3.16. The van der Waals surface area contributed by atoms with Crippen molar-refractivity contribution in [1.29, 1.82) is 0 Å². The van der Waals surface area contributed by atoms with Crippen LogP contribution in [0.3, 0.4) is 0 Å². The Kier molecular flexibility index (Phi) is 2.24. The summed E-state index contributed by atoms with van der Waals surface area (Å²) in [7, 11) is 1.53. The lowest BCUT2D eigenvalue weighted by Gasteiger charge is -2.12. The number of hydrogen-bond acceptors (Lipinski definition) is 0. The monoisotopic (exact) mass is 174 g/mol. The van der Waals surface area contributed by atoms with E-state index in [2.05, 4.69) is 0 Å². The molecule has 0 aliphatic carbocycles. The van der Waals surface area contributed by atoms with Crippen molar-refractivity contribution in [1.82, 2.24) is 0 Å². The zero-order valence-corrected chi connectivity index (χ0v) is 7.30. The van der Waals surface area contributed by atoms with Crippen LogP contribution in [0.4, 0.5) is 8.78 Å². The number of hydrogen-bond donors (Lipinski definition) is 0. The zero-order valence-electron chi connectivity index (χ0n) is 6.14. The Morgan fingerprint density at radius 2 is 1.82 bits per heavy atom. The van der Waals surface area contributed by atoms with Crippen molar-refractivity contribution in [3.05, 3.63) is 35.4 Å². The molecule has 1 unspecified atom stereocenters. The Labute approximate surface area is 66.8 Å². The molecule has 11 heavy (non-hydrogen) atoms.